The second kappa shape index (κ2) is 5.41. The molecule has 0 aromatic heterocycles. The minimum absolute atomic E-state index is 0.355. The molecule has 2 atom stereocenters. The monoisotopic (exact) mass is 265 g/mol. The number of rotatable bonds is 4. The summed E-state index contributed by atoms with van der Waals surface area (Å²) in [6.07, 6.45) is 2.40. The lowest BCUT2D eigenvalue weighted by Crippen LogP contribution is -2.35. The average molecular weight is 265 g/mol. The Morgan fingerprint density at radius 2 is 2.28 bits per heavy atom. The van der Waals surface area contributed by atoms with Gasteiger partial charge in [0.1, 0.15) is 0 Å². The number of hydrogen-bond acceptors (Lipinski definition) is 4. The number of nitrogens with one attached hydrogen (secondary N) is 1. The molecule has 0 bridgehead atoms. The molecule has 0 saturated carbocycles. The highest BCUT2D eigenvalue weighted by Crippen LogP contribution is 2.34. The fourth-order valence-electron chi connectivity index (χ4n) is 2.70. The first-order valence-electron chi connectivity index (χ1n) is 6.50. The van der Waals surface area contributed by atoms with Crippen LogP contribution in [0.4, 0.5) is 0 Å². The summed E-state index contributed by atoms with van der Waals surface area (Å²) in [5, 5.41) is 3.47. The Bertz CT molecular complexity index is 418. The van der Waals surface area contributed by atoms with Crippen LogP contribution in [0, 0.1) is 5.92 Å². The molecule has 1 fully saturated rings. The number of benzene rings is 1. The van der Waals surface area contributed by atoms with Gasteiger partial charge in [0.05, 0.1) is 0 Å². The van der Waals surface area contributed by atoms with Crippen LogP contribution >= 0.6 is 11.8 Å². The third kappa shape index (κ3) is 2.45. The van der Waals surface area contributed by atoms with Gasteiger partial charge in [-0.2, -0.15) is 11.8 Å². The minimum Gasteiger partial charge on any atom is -0.454 e. The average Bonchev–Trinajstić information content (AvgIpc) is 3.06. The normalized spacial score (nSPS) is 23.3. The predicted octanol–water partition coefficient (Wildman–Crippen LogP) is 2.30. The fourth-order valence-corrected chi connectivity index (χ4v) is 4.03. The third-order valence-corrected chi connectivity index (χ3v) is 4.99. The zero-order valence-electron chi connectivity index (χ0n) is 10.6. The molecule has 2 unspecified atom stereocenters. The molecule has 3 rings (SSSR count). The summed E-state index contributed by atoms with van der Waals surface area (Å²) in [6.45, 7) is 0.355. The van der Waals surface area contributed by atoms with Crippen molar-refractivity contribution in [2.75, 3.05) is 25.3 Å². The summed E-state index contributed by atoms with van der Waals surface area (Å²) in [5.41, 5.74) is 1.33. The van der Waals surface area contributed by atoms with Crippen LogP contribution < -0.4 is 14.8 Å². The summed E-state index contributed by atoms with van der Waals surface area (Å²) in [4.78, 5) is 0. The Morgan fingerprint density at radius 3 is 3.06 bits per heavy atom. The fraction of sp³-hybridized carbons (Fsp3) is 0.571. The Morgan fingerprint density at radius 1 is 1.39 bits per heavy atom. The molecule has 3 nitrogen and oxygen atoms in total. The van der Waals surface area contributed by atoms with Crippen molar-refractivity contribution in [2.45, 2.75) is 18.9 Å². The van der Waals surface area contributed by atoms with Crippen molar-refractivity contribution < 1.29 is 9.47 Å². The minimum atomic E-state index is 0.355. The van der Waals surface area contributed by atoms with E-state index < -0.39 is 0 Å². The van der Waals surface area contributed by atoms with Crippen molar-refractivity contribution in [1.82, 2.24) is 5.32 Å². The van der Waals surface area contributed by atoms with Crippen LogP contribution in [0.25, 0.3) is 0 Å². The van der Waals surface area contributed by atoms with Gasteiger partial charge in [-0.1, -0.05) is 6.07 Å². The lowest BCUT2D eigenvalue weighted by atomic mass is 9.93. The highest BCUT2D eigenvalue weighted by molar-refractivity contribution is 7.99. The third-order valence-electron chi connectivity index (χ3n) is 3.80. The zero-order chi connectivity index (χ0) is 12.4. The molecule has 1 aromatic carbocycles. The van der Waals surface area contributed by atoms with Gasteiger partial charge in [-0.25, -0.2) is 0 Å². The van der Waals surface area contributed by atoms with Crippen molar-refractivity contribution in [2.24, 2.45) is 5.92 Å². The van der Waals surface area contributed by atoms with E-state index >= 15 is 0 Å². The topological polar surface area (TPSA) is 30.5 Å². The van der Waals surface area contributed by atoms with E-state index in [1.54, 1.807) is 0 Å². The number of ether oxygens (including phenoxy) is 2. The number of hydrogen-bond donors (Lipinski definition) is 1. The zero-order valence-corrected chi connectivity index (χ0v) is 11.5. The molecule has 2 aliphatic heterocycles. The molecule has 18 heavy (non-hydrogen) atoms. The second-order valence-corrected chi connectivity index (χ2v) is 6.06. The summed E-state index contributed by atoms with van der Waals surface area (Å²) in [6, 6.07) is 6.86. The van der Waals surface area contributed by atoms with Crippen molar-refractivity contribution in [3.8, 4) is 11.5 Å². The molecule has 0 spiro atoms. The molecular formula is C14H19NO2S. The molecule has 0 aliphatic carbocycles. The van der Waals surface area contributed by atoms with Gasteiger partial charge < -0.3 is 14.8 Å². The van der Waals surface area contributed by atoms with Crippen LogP contribution in [0.2, 0.25) is 0 Å². The Balaban J connectivity index is 1.70. The first-order chi connectivity index (χ1) is 8.86. The van der Waals surface area contributed by atoms with Gasteiger partial charge in [-0.3, -0.25) is 0 Å². The van der Waals surface area contributed by atoms with Gasteiger partial charge in [0.2, 0.25) is 6.79 Å². The molecule has 1 saturated heterocycles. The van der Waals surface area contributed by atoms with Crippen LogP contribution in [0.3, 0.4) is 0 Å². The van der Waals surface area contributed by atoms with Gasteiger partial charge >= 0.3 is 0 Å². The van der Waals surface area contributed by atoms with Gasteiger partial charge in [0.25, 0.3) is 0 Å². The predicted molar refractivity (Wildman–Crippen MR) is 74.5 cm³/mol. The molecule has 2 aliphatic rings. The van der Waals surface area contributed by atoms with Crippen LogP contribution in [0.1, 0.15) is 12.0 Å². The lowest BCUT2D eigenvalue weighted by molar-refractivity contribution is 0.174. The smallest absolute Gasteiger partial charge is 0.231 e. The number of fused-ring (bicyclic) bond motifs is 1. The SMILES string of the molecule is CNC(Cc1ccc2c(c1)OCO2)C1CCSC1. The van der Waals surface area contributed by atoms with Crippen LogP contribution in [-0.4, -0.2) is 31.4 Å². The maximum absolute atomic E-state index is 5.43. The van der Waals surface area contributed by atoms with Crippen molar-refractivity contribution in [1.29, 1.82) is 0 Å². The van der Waals surface area contributed by atoms with E-state index in [9.17, 15) is 0 Å². The molecule has 98 valence electrons. The summed E-state index contributed by atoms with van der Waals surface area (Å²) >= 11 is 2.07. The van der Waals surface area contributed by atoms with E-state index in [0.717, 1.165) is 23.8 Å². The van der Waals surface area contributed by atoms with Crippen molar-refractivity contribution >= 4 is 11.8 Å². The molecule has 0 radical (unpaired) electrons. The van der Waals surface area contributed by atoms with Gasteiger partial charge in [-0.15, -0.1) is 0 Å². The van der Waals surface area contributed by atoms with E-state index in [2.05, 4.69) is 36.3 Å². The standard InChI is InChI=1S/C14H19NO2S/c1-15-12(11-4-5-18-8-11)6-10-2-3-13-14(7-10)17-9-16-13/h2-3,7,11-12,15H,4-6,8-9H2,1H3. The van der Waals surface area contributed by atoms with E-state index in [-0.39, 0.29) is 0 Å². The summed E-state index contributed by atoms with van der Waals surface area (Å²) in [7, 11) is 2.07. The quantitative estimate of drug-likeness (QED) is 0.905. The van der Waals surface area contributed by atoms with Crippen molar-refractivity contribution in [3.63, 3.8) is 0 Å². The largest absolute Gasteiger partial charge is 0.454 e. The number of thioether (sulfide) groups is 1. The molecule has 2 heterocycles. The molecule has 1 aromatic rings. The van der Waals surface area contributed by atoms with Gasteiger partial charge in [0.15, 0.2) is 11.5 Å². The van der Waals surface area contributed by atoms with E-state index in [1.807, 2.05) is 6.07 Å². The van der Waals surface area contributed by atoms with Gasteiger partial charge in [0, 0.05) is 6.04 Å². The Kier molecular flexibility index (Phi) is 3.66. The molecule has 0 amide bonds. The second-order valence-electron chi connectivity index (χ2n) is 4.91. The van der Waals surface area contributed by atoms with Crippen LogP contribution in [0.5, 0.6) is 11.5 Å². The molecular weight excluding hydrogens is 246 g/mol. The van der Waals surface area contributed by atoms with E-state index in [1.165, 1.54) is 23.5 Å². The lowest BCUT2D eigenvalue weighted by Gasteiger charge is -2.22. The molecule has 1 N–H and O–H groups in total. The first-order valence-corrected chi connectivity index (χ1v) is 7.66. The highest BCUT2D eigenvalue weighted by Gasteiger charge is 2.25. The van der Waals surface area contributed by atoms with Crippen molar-refractivity contribution in [3.05, 3.63) is 23.8 Å². The Labute approximate surface area is 112 Å². The summed E-state index contributed by atoms with van der Waals surface area (Å²) < 4.78 is 10.8. The van der Waals surface area contributed by atoms with E-state index in [0.29, 0.717) is 12.8 Å². The van der Waals surface area contributed by atoms with E-state index in [4.69, 9.17) is 9.47 Å². The van der Waals surface area contributed by atoms with Gasteiger partial charge in [-0.05, 0) is 55.0 Å². The number of likely N-dealkylation sites (N-methyl/N-ethyl adjacent to an activating group) is 1. The van der Waals surface area contributed by atoms with Crippen LogP contribution in [0.15, 0.2) is 18.2 Å². The molecule has 4 heteroatoms. The Hall–Kier alpha value is -0.870. The first kappa shape index (κ1) is 12.2. The maximum Gasteiger partial charge on any atom is 0.231 e. The highest BCUT2D eigenvalue weighted by atomic mass is 32.2. The maximum atomic E-state index is 5.43. The summed E-state index contributed by atoms with van der Waals surface area (Å²) in [5.74, 6) is 5.16. The van der Waals surface area contributed by atoms with Crippen LogP contribution in [-0.2, 0) is 6.42 Å².